The minimum atomic E-state index is -0.897. The van der Waals surface area contributed by atoms with Gasteiger partial charge in [0.25, 0.3) is 0 Å². The summed E-state index contributed by atoms with van der Waals surface area (Å²) in [6.07, 6.45) is 0.145. The van der Waals surface area contributed by atoms with Crippen LogP contribution in [0.3, 0.4) is 0 Å². The molecule has 4 rings (SSSR count). The number of ether oxygens (including phenoxy) is 2. The highest BCUT2D eigenvalue weighted by Gasteiger charge is 2.17. The lowest BCUT2D eigenvalue weighted by Gasteiger charge is -2.09. The lowest BCUT2D eigenvalue weighted by molar-refractivity contribution is 0.0720. The van der Waals surface area contributed by atoms with Crippen molar-refractivity contribution in [2.45, 2.75) is 6.42 Å². The lowest BCUT2D eigenvalue weighted by Crippen LogP contribution is -2.11. The van der Waals surface area contributed by atoms with Crippen molar-refractivity contribution in [2.24, 2.45) is 11.5 Å². The van der Waals surface area contributed by atoms with Gasteiger partial charge >= 0.3 is 11.9 Å². The molecule has 0 bridgehead atoms. The highest BCUT2D eigenvalue weighted by Crippen LogP contribution is 2.22. The van der Waals surface area contributed by atoms with Crippen LogP contribution in [0.2, 0.25) is 0 Å². The average molecular weight is 541 g/mol. The molecule has 4 aromatic carbocycles. The van der Waals surface area contributed by atoms with Gasteiger partial charge in [0.15, 0.2) is 5.69 Å². The highest BCUT2D eigenvalue weighted by molar-refractivity contribution is 5.92. The molecule has 200 valence electrons. The summed E-state index contributed by atoms with van der Waals surface area (Å²) in [5.74, 6) is -3.05. The van der Waals surface area contributed by atoms with Gasteiger partial charge in [-0.1, -0.05) is 24.3 Å². The van der Waals surface area contributed by atoms with E-state index in [1.807, 2.05) is 6.07 Å². The molecule has 4 aromatic rings. The highest BCUT2D eigenvalue weighted by atomic mass is 19.1. The summed E-state index contributed by atoms with van der Waals surface area (Å²) in [4.78, 5) is 27.9. The Labute approximate surface area is 228 Å². The fraction of sp³-hybridized carbons (Fsp3) is 0.0667. The van der Waals surface area contributed by atoms with Gasteiger partial charge in [0, 0.05) is 6.67 Å². The quantitative estimate of drug-likeness (QED) is 0.147. The number of halogens is 2. The van der Waals surface area contributed by atoms with E-state index in [-0.39, 0.29) is 35.7 Å². The molecule has 10 heteroatoms. The predicted molar refractivity (Wildman–Crippen MR) is 143 cm³/mol. The topological polar surface area (TPSA) is 133 Å². The minimum Gasteiger partial charge on any atom is -0.423 e. The Bertz CT molecular complexity index is 1470. The van der Waals surface area contributed by atoms with Crippen LogP contribution in [-0.4, -0.2) is 18.6 Å². The molecule has 0 aliphatic heterocycles. The van der Waals surface area contributed by atoms with Crippen molar-refractivity contribution in [2.75, 3.05) is 6.67 Å². The fourth-order valence-corrected chi connectivity index (χ4v) is 3.41. The van der Waals surface area contributed by atoms with Gasteiger partial charge in [-0.15, -0.1) is 0 Å². The Morgan fingerprint density at radius 1 is 0.775 bits per heavy atom. The molecule has 4 N–H and O–H groups in total. The van der Waals surface area contributed by atoms with Crippen molar-refractivity contribution >= 4 is 17.6 Å². The average Bonchev–Trinajstić information content (AvgIpc) is 2.94. The molecule has 0 aromatic heterocycles. The van der Waals surface area contributed by atoms with Crippen LogP contribution in [0.4, 0.5) is 14.5 Å². The molecule has 0 saturated heterocycles. The van der Waals surface area contributed by atoms with Crippen molar-refractivity contribution < 1.29 is 27.8 Å². The van der Waals surface area contributed by atoms with E-state index in [2.05, 4.69) is 16.3 Å². The van der Waals surface area contributed by atoms with Gasteiger partial charge in [0.05, 0.1) is 29.3 Å². The van der Waals surface area contributed by atoms with E-state index < -0.39 is 23.6 Å². The van der Waals surface area contributed by atoms with Gasteiger partial charge in [0.2, 0.25) is 0 Å². The van der Waals surface area contributed by atoms with Crippen LogP contribution in [0, 0.1) is 29.5 Å². The molecule has 0 spiro atoms. The SMILES string of the molecule is NCN.[C-]#[N+]c1ccc(OC(=O)c2ccc(Cc3ccc(C(=O)Oc4ccc(C#N)cc4)c(F)c3)cc2F)cc1. The van der Waals surface area contributed by atoms with Gasteiger partial charge in [-0.3, -0.25) is 0 Å². The van der Waals surface area contributed by atoms with E-state index in [4.69, 9.17) is 21.3 Å². The first-order chi connectivity index (χ1) is 19.3. The van der Waals surface area contributed by atoms with Crippen molar-refractivity contribution in [1.82, 2.24) is 0 Å². The molecule has 8 nitrogen and oxygen atoms in total. The third-order valence-electron chi connectivity index (χ3n) is 5.29. The Balaban J connectivity index is 0.00000141. The van der Waals surface area contributed by atoms with E-state index in [0.717, 1.165) is 12.1 Å². The molecule has 0 aliphatic rings. The Morgan fingerprint density at radius 2 is 1.20 bits per heavy atom. The van der Waals surface area contributed by atoms with Crippen molar-refractivity contribution in [3.05, 3.63) is 136 Å². The summed E-state index contributed by atoms with van der Waals surface area (Å²) in [7, 11) is 0. The Kier molecular flexibility index (Phi) is 10.1. The van der Waals surface area contributed by atoms with E-state index in [1.165, 1.54) is 72.8 Å². The molecule has 0 amide bonds. The van der Waals surface area contributed by atoms with Gasteiger partial charge in [-0.05, 0) is 78.2 Å². The summed E-state index contributed by atoms with van der Waals surface area (Å²) >= 11 is 0. The van der Waals surface area contributed by atoms with E-state index >= 15 is 0 Å². The standard InChI is InChI=1S/C29H16F2N2O4.CH6N2/c1-33-21-6-10-23(11-7-21)37-29(35)25-13-5-20(16-27(25)31)14-19-4-12-24(26(30)15-19)28(34)36-22-8-2-18(17-32)3-9-22;2-1-3/h2-13,15-16H,14H2;1-3H2. The summed E-state index contributed by atoms with van der Waals surface area (Å²) in [5, 5.41) is 8.82. The zero-order valence-corrected chi connectivity index (χ0v) is 20.9. The zero-order chi connectivity index (χ0) is 29.1. The zero-order valence-electron chi connectivity index (χ0n) is 20.9. The van der Waals surface area contributed by atoms with Gasteiger partial charge in [-0.2, -0.15) is 5.26 Å². The van der Waals surface area contributed by atoms with Crippen LogP contribution in [0.5, 0.6) is 11.5 Å². The van der Waals surface area contributed by atoms with Crippen molar-refractivity contribution in [1.29, 1.82) is 5.26 Å². The monoisotopic (exact) mass is 540 g/mol. The Hall–Kier alpha value is -5.42. The van der Waals surface area contributed by atoms with Crippen LogP contribution in [-0.2, 0) is 6.42 Å². The molecule has 0 atom stereocenters. The van der Waals surface area contributed by atoms with Gasteiger partial charge in [-0.25, -0.2) is 23.2 Å². The molecule has 0 fully saturated rings. The number of carbonyl (C=O) groups is 2. The largest absolute Gasteiger partial charge is 0.423 e. The Morgan fingerprint density at radius 3 is 1.57 bits per heavy atom. The second-order valence-electron chi connectivity index (χ2n) is 8.06. The van der Waals surface area contributed by atoms with E-state index in [1.54, 1.807) is 0 Å². The number of esters is 2. The van der Waals surface area contributed by atoms with Gasteiger partial charge in [0.1, 0.15) is 23.1 Å². The second-order valence-corrected chi connectivity index (χ2v) is 8.06. The number of nitrogens with zero attached hydrogens (tertiary/aromatic N) is 2. The van der Waals surface area contributed by atoms with Crippen molar-refractivity contribution in [3.63, 3.8) is 0 Å². The van der Waals surface area contributed by atoms with Crippen molar-refractivity contribution in [3.8, 4) is 17.6 Å². The fourth-order valence-electron chi connectivity index (χ4n) is 3.41. The van der Waals surface area contributed by atoms with Gasteiger partial charge < -0.3 is 20.9 Å². The number of nitriles is 1. The van der Waals surface area contributed by atoms with Crippen LogP contribution >= 0.6 is 0 Å². The minimum absolute atomic E-state index is 0.145. The first-order valence-electron chi connectivity index (χ1n) is 11.7. The first-order valence-corrected chi connectivity index (χ1v) is 11.7. The van der Waals surface area contributed by atoms with E-state index in [0.29, 0.717) is 22.4 Å². The molecular formula is C30H22F2N4O4. The molecule has 0 radical (unpaired) electrons. The molecule has 0 aliphatic carbocycles. The number of benzene rings is 4. The third-order valence-corrected chi connectivity index (χ3v) is 5.29. The maximum absolute atomic E-state index is 14.6. The smallest absolute Gasteiger partial charge is 0.346 e. The molecule has 0 heterocycles. The number of carbonyl (C=O) groups excluding carboxylic acids is 2. The number of nitrogens with two attached hydrogens (primary N) is 2. The number of hydrogen-bond acceptors (Lipinski definition) is 7. The van der Waals surface area contributed by atoms with Crippen LogP contribution in [0.25, 0.3) is 4.85 Å². The lowest BCUT2D eigenvalue weighted by atomic mass is 10.0. The predicted octanol–water partition coefficient (Wildman–Crippen LogP) is 5.28. The third kappa shape index (κ3) is 7.79. The maximum Gasteiger partial charge on any atom is 0.346 e. The summed E-state index contributed by atoms with van der Waals surface area (Å²) in [6, 6.07) is 21.5. The first kappa shape index (κ1) is 29.1. The summed E-state index contributed by atoms with van der Waals surface area (Å²) < 4.78 is 39.6. The summed E-state index contributed by atoms with van der Waals surface area (Å²) in [5.41, 5.74) is 10.4. The van der Waals surface area contributed by atoms with Crippen LogP contribution in [0.15, 0.2) is 84.9 Å². The van der Waals surface area contributed by atoms with Crippen LogP contribution in [0.1, 0.15) is 37.4 Å². The van der Waals surface area contributed by atoms with E-state index in [9.17, 15) is 18.4 Å². The van der Waals surface area contributed by atoms with Crippen LogP contribution < -0.4 is 20.9 Å². The normalized spacial score (nSPS) is 9.85. The molecule has 40 heavy (non-hydrogen) atoms. The number of hydrogen-bond donors (Lipinski definition) is 2. The molecule has 0 saturated carbocycles. The number of rotatable bonds is 6. The second kappa shape index (κ2) is 13.9. The maximum atomic E-state index is 14.6. The molecule has 0 unspecified atom stereocenters. The molecular weight excluding hydrogens is 518 g/mol. The summed E-state index contributed by atoms with van der Waals surface area (Å²) in [6.45, 7) is 7.18.